The summed E-state index contributed by atoms with van der Waals surface area (Å²) in [6, 6.07) is 5.46. The van der Waals surface area contributed by atoms with Gasteiger partial charge in [0, 0.05) is 10.9 Å². The van der Waals surface area contributed by atoms with Crippen LogP contribution >= 0.6 is 11.3 Å². The number of nitrogens with two attached hydrogens (primary N) is 1. The highest BCUT2D eigenvalue weighted by Crippen LogP contribution is 2.27. The molecule has 0 aliphatic carbocycles. The fraction of sp³-hybridized carbons (Fsp3) is 0.100. The topological polar surface area (TPSA) is 48.1 Å². The van der Waals surface area contributed by atoms with Crippen molar-refractivity contribution >= 4 is 16.5 Å². The van der Waals surface area contributed by atoms with Crippen LogP contribution < -0.4 is 10.5 Å². The van der Waals surface area contributed by atoms with Gasteiger partial charge in [-0.1, -0.05) is 0 Å². The zero-order chi connectivity index (χ0) is 12.5. The van der Waals surface area contributed by atoms with Crippen LogP contribution in [0, 0.1) is 0 Å². The standard InChI is InChI=1S/C10H7F3N2OS/c11-10(12,13)16-7-3-1-6(2-4-7)8-5-17-9(14)15-8/h1-5H,(H2,14,15). The molecule has 0 bridgehead atoms. The molecule has 0 amide bonds. The van der Waals surface area contributed by atoms with Gasteiger partial charge < -0.3 is 10.5 Å². The Morgan fingerprint density at radius 1 is 1.18 bits per heavy atom. The molecule has 0 saturated heterocycles. The van der Waals surface area contributed by atoms with E-state index in [9.17, 15) is 13.2 Å². The molecule has 1 aromatic carbocycles. The number of halogens is 3. The van der Waals surface area contributed by atoms with E-state index in [4.69, 9.17) is 5.73 Å². The number of alkyl halides is 3. The smallest absolute Gasteiger partial charge is 0.406 e. The summed E-state index contributed by atoms with van der Waals surface area (Å²) in [5.74, 6) is -0.260. The van der Waals surface area contributed by atoms with Gasteiger partial charge in [-0.15, -0.1) is 24.5 Å². The second kappa shape index (κ2) is 4.25. The molecule has 0 saturated carbocycles. The van der Waals surface area contributed by atoms with Crippen molar-refractivity contribution in [1.82, 2.24) is 4.98 Å². The summed E-state index contributed by atoms with van der Waals surface area (Å²) < 4.78 is 39.5. The minimum Gasteiger partial charge on any atom is -0.406 e. The summed E-state index contributed by atoms with van der Waals surface area (Å²) >= 11 is 1.27. The highest BCUT2D eigenvalue weighted by molar-refractivity contribution is 7.13. The van der Waals surface area contributed by atoms with Crippen LogP contribution in [0.1, 0.15) is 0 Å². The molecule has 0 fully saturated rings. The number of aromatic nitrogens is 1. The number of benzene rings is 1. The summed E-state index contributed by atoms with van der Waals surface area (Å²) in [5, 5.41) is 2.14. The number of nitrogens with zero attached hydrogens (tertiary/aromatic N) is 1. The van der Waals surface area contributed by atoms with E-state index in [0.29, 0.717) is 16.4 Å². The quantitative estimate of drug-likeness (QED) is 0.901. The minimum absolute atomic E-state index is 0.260. The summed E-state index contributed by atoms with van der Waals surface area (Å²) in [7, 11) is 0. The van der Waals surface area contributed by atoms with E-state index in [-0.39, 0.29) is 5.75 Å². The SMILES string of the molecule is Nc1nc(-c2ccc(OC(F)(F)F)cc2)cs1. The third-order valence-electron chi connectivity index (χ3n) is 1.91. The highest BCUT2D eigenvalue weighted by Gasteiger charge is 2.30. The van der Waals surface area contributed by atoms with Gasteiger partial charge in [0.15, 0.2) is 5.13 Å². The molecule has 1 aromatic heterocycles. The van der Waals surface area contributed by atoms with E-state index < -0.39 is 6.36 Å². The first-order valence-electron chi connectivity index (χ1n) is 4.51. The van der Waals surface area contributed by atoms with Gasteiger partial charge in [0.1, 0.15) is 5.75 Å². The molecule has 2 rings (SSSR count). The van der Waals surface area contributed by atoms with Crippen LogP contribution in [0.25, 0.3) is 11.3 Å². The number of rotatable bonds is 2. The van der Waals surface area contributed by atoms with Crippen molar-refractivity contribution in [3.05, 3.63) is 29.6 Å². The maximum atomic E-state index is 11.9. The average Bonchev–Trinajstić information content (AvgIpc) is 2.63. The van der Waals surface area contributed by atoms with Gasteiger partial charge in [0.2, 0.25) is 0 Å². The van der Waals surface area contributed by atoms with Crippen LogP contribution in [0.15, 0.2) is 29.6 Å². The van der Waals surface area contributed by atoms with Crippen molar-refractivity contribution in [1.29, 1.82) is 0 Å². The Morgan fingerprint density at radius 2 is 1.82 bits per heavy atom. The molecule has 2 N–H and O–H groups in total. The number of hydrogen-bond acceptors (Lipinski definition) is 4. The summed E-state index contributed by atoms with van der Waals surface area (Å²) in [4.78, 5) is 4.02. The van der Waals surface area contributed by atoms with Crippen LogP contribution in [-0.4, -0.2) is 11.3 Å². The Bertz CT molecular complexity index is 507. The largest absolute Gasteiger partial charge is 0.573 e. The molecule has 0 atom stereocenters. The molecular formula is C10H7F3N2OS. The minimum atomic E-state index is -4.67. The molecule has 0 aliphatic heterocycles. The van der Waals surface area contributed by atoms with Crippen molar-refractivity contribution in [3.8, 4) is 17.0 Å². The summed E-state index contributed by atoms with van der Waals surface area (Å²) in [5.41, 5.74) is 6.78. The lowest BCUT2D eigenvalue weighted by atomic mass is 10.2. The van der Waals surface area contributed by atoms with Crippen LogP contribution in [0.4, 0.5) is 18.3 Å². The Kier molecular flexibility index (Phi) is 2.93. The third-order valence-corrected chi connectivity index (χ3v) is 2.58. The molecule has 7 heteroatoms. The second-order valence-electron chi connectivity index (χ2n) is 3.14. The van der Waals surface area contributed by atoms with E-state index >= 15 is 0 Å². The number of anilines is 1. The lowest BCUT2D eigenvalue weighted by molar-refractivity contribution is -0.274. The molecule has 1 heterocycles. The number of hydrogen-bond donors (Lipinski definition) is 1. The maximum absolute atomic E-state index is 11.9. The van der Waals surface area contributed by atoms with E-state index in [1.807, 2.05) is 0 Å². The van der Waals surface area contributed by atoms with Gasteiger partial charge in [0.05, 0.1) is 5.69 Å². The van der Waals surface area contributed by atoms with Crippen LogP contribution in [0.2, 0.25) is 0 Å². The normalized spacial score (nSPS) is 11.5. The van der Waals surface area contributed by atoms with Crippen molar-refractivity contribution in [3.63, 3.8) is 0 Å². The zero-order valence-corrected chi connectivity index (χ0v) is 9.18. The Labute approximate surface area is 98.7 Å². The monoisotopic (exact) mass is 260 g/mol. The lowest BCUT2D eigenvalue weighted by Crippen LogP contribution is -2.16. The first-order chi connectivity index (χ1) is 7.94. The van der Waals surface area contributed by atoms with Crippen molar-refractivity contribution in [2.75, 3.05) is 5.73 Å². The number of thiazole rings is 1. The molecule has 90 valence electrons. The van der Waals surface area contributed by atoms with Crippen molar-refractivity contribution < 1.29 is 17.9 Å². The lowest BCUT2D eigenvalue weighted by Gasteiger charge is -2.08. The average molecular weight is 260 g/mol. The van der Waals surface area contributed by atoms with Gasteiger partial charge >= 0.3 is 6.36 Å². The predicted octanol–water partition coefficient (Wildman–Crippen LogP) is 3.29. The fourth-order valence-electron chi connectivity index (χ4n) is 1.25. The van der Waals surface area contributed by atoms with Crippen LogP contribution in [0.3, 0.4) is 0 Å². The van der Waals surface area contributed by atoms with E-state index in [0.717, 1.165) is 0 Å². The molecule has 2 aromatic rings. The molecule has 0 unspecified atom stereocenters. The molecule has 0 spiro atoms. The number of ether oxygens (including phenoxy) is 1. The fourth-order valence-corrected chi connectivity index (χ4v) is 1.82. The first kappa shape index (κ1) is 11.7. The van der Waals surface area contributed by atoms with E-state index in [1.54, 1.807) is 5.38 Å². The van der Waals surface area contributed by atoms with Crippen LogP contribution in [0.5, 0.6) is 5.75 Å². The zero-order valence-electron chi connectivity index (χ0n) is 8.36. The highest BCUT2D eigenvalue weighted by atomic mass is 32.1. The Hall–Kier alpha value is -1.76. The second-order valence-corrected chi connectivity index (χ2v) is 4.03. The first-order valence-corrected chi connectivity index (χ1v) is 5.39. The van der Waals surface area contributed by atoms with Gasteiger partial charge in [-0.3, -0.25) is 0 Å². The Morgan fingerprint density at radius 3 is 2.29 bits per heavy atom. The number of nitrogen functional groups attached to an aromatic ring is 1. The van der Waals surface area contributed by atoms with Gasteiger partial charge in [-0.2, -0.15) is 0 Å². The summed E-state index contributed by atoms with van der Waals surface area (Å²) in [6.07, 6.45) is -4.67. The molecule has 0 radical (unpaired) electrons. The molecular weight excluding hydrogens is 253 g/mol. The van der Waals surface area contributed by atoms with E-state index in [1.165, 1.54) is 35.6 Å². The summed E-state index contributed by atoms with van der Waals surface area (Å²) in [6.45, 7) is 0. The Balaban J connectivity index is 2.19. The molecule has 3 nitrogen and oxygen atoms in total. The van der Waals surface area contributed by atoms with E-state index in [2.05, 4.69) is 9.72 Å². The van der Waals surface area contributed by atoms with Crippen LogP contribution in [-0.2, 0) is 0 Å². The predicted molar refractivity (Wildman–Crippen MR) is 58.6 cm³/mol. The third kappa shape index (κ3) is 3.10. The van der Waals surface area contributed by atoms with Gasteiger partial charge in [0.25, 0.3) is 0 Å². The van der Waals surface area contributed by atoms with Gasteiger partial charge in [-0.25, -0.2) is 4.98 Å². The molecule has 0 aliphatic rings. The van der Waals surface area contributed by atoms with Gasteiger partial charge in [-0.05, 0) is 24.3 Å². The maximum Gasteiger partial charge on any atom is 0.573 e. The molecule has 17 heavy (non-hydrogen) atoms. The van der Waals surface area contributed by atoms with Crippen molar-refractivity contribution in [2.45, 2.75) is 6.36 Å². The van der Waals surface area contributed by atoms with Crippen molar-refractivity contribution in [2.24, 2.45) is 0 Å².